The van der Waals surface area contributed by atoms with Gasteiger partial charge in [0.1, 0.15) is 5.54 Å². The average Bonchev–Trinajstić information content (AvgIpc) is 2.69. The Kier molecular flexibility index (Phi) is 3.80. The van der Waals surface area contributed by atoms with E-state index in [1.165, 1.54) is 6.21 Å². The molecule has 110 valence electrons. The summed E-state index contributed by atoms with van der Waals surface area (Å²) in [6.45, 7) is 0. The Balaban J connectivity index is 1.79. The van der Waals surface area contributed by atoms with E-state index in [0.717, 1.165) is 34.3 Å². The molecule has 1 spiro atoms. The Bertz CT molecular complexity index is 609. The van der Waals surface area contributed by atoms with Crippen LogP contribution in [0.15, 0.2) is 33.8 Å². The lowest BCUT2D eigenvalue weighted by molar-refractivity contribution is -0.132. The molecule has 0 unspecified atom stereocenters. The molecule has 2 fully saturated rings. The number of hydrazone groups is 1. The zero-order valence-corrected chi connectivity index (χ0v) is 13.1. The van der Waals surface area contributed by atoms with Gasteiger partial charge in [-0.3, -0.25) is 4.79 Å². The minimum atomic E-state index is -0.718. The number of carbonyl (C=O) groups is 2. The van der Waals surface area contributed by atoms with Crippen molar-refractivity contribution in [3.63, 3.8) is 0 Å². The molecule has 21 heavy (non-hydrogen) atoms. The molecule has 5 nitrogen and oxygen atoms in total. The van der Waals surface area contributed by atoms with Crippen molar-refractivity contribution in [1.82, 2.24) is 10.3 Å². The molecule has 1 saturated carbocycles. The van der Waals surface area contributed by atoms with Crippen LogP contribution >= 0.6 is 15.9 Å². The Hall–Kier alpha value is -1.69. The van der Waals surface area contributed by atoms with E-state index in [1.807, 2.05) is 24.3 Å². The summed E-state index contributed by atoms with van der Waals surface area (Å²) in [5, 5.41) is 7.87. The summed E-state index contributed by atoms with van der Waals surface area (Å²) in [6, 6.07) is 7.09. The number of benzene rings is 1. The summed E-state index contributed by atoms with van der Waals surface area (Å²) in [6.07, 6.45) is 6.00. The predicted molar refractivity (Wildman–Crippen MR) is 82.9 cm³/mol. The second-order valence-corrected chi connectivity index (χ2v) is 6.41. The zero-order chi connectivity index (χ0) is 14.9. The molecule has 1 heterocycles. The van der Waals surface area contributed by atoms with E-state index in [1.54, 1.807) is 0 Å². The first-order valence-corrected chi connectivity index (χ1v) is 7.86. The van der Waals surface area contributed by atoms with Gasteiger partial charge in [0.05, 0.1) is 6.21 Å². The highest BCUT2D eigenvalue weighted by molar-refractivity contribution is 9.10. The van der Waals surface area contributed by atoms with Crippen LogP contribution < -0.4 is 5.32 Å². The fourth-order valence-electron chi connectivity index (χ4n) is 2.92. The van der Waals surface area contributed by atoms with Crippen LogP contribution in [0.4, 0.5) is 4.79 Å². The number of urea groups is 1. The van der Waals surface area contributed by atoms with Gasteiger partial charge in [0.15, 0.2) is 0 Å². The van der Waals surface area contributed by atoms with Gasteiger partial charge in [-0.25, -0.2) is 4.79 Å². The molecule has 3 rings (SSSR count). The van der Waals surface area contributed by atoms with Gasteiger partial charge in [-0.1, -0.05) is 47.3 Å². The number of nitrogens with zero attached hydrogens (tertiary/aromatic N) is 2. The first-order valence-electron chi connectivity index (χ1n) is 7.07. The molecule has 0 bridgehead atoms. The second kappa shape index (κ2) is 5.60. The van der Waals surface area contributed by atoms with Crippen molar-refractivity contribution in [3.05, 3.63) is 34.3 Å². The van der Waals surface area contributed by atoms with E-state index in [-0.39, 0.29) is 5.91 Å². The van der Waals surface area contributed by atoms with Gasteiger partial charge in [0, 0.05) is 4.47 Å². The summed E-state index contributed by atoms with van der Waals surface area (Å²) in [4.78, 5) is 24.5. The number of amides is 3. The Morgan fingerprint density at radius 2 is 2.00 bits per heavy atom. The van der Waals surface area contributed by atoms with Crippen LogP contribution in [-0.4, -0.2) is 28.7 Å². The third-order valence-corrected chi connectivity index (χ3v) is 4.51. The van der Waals surface area contributed by atoms with E-state index in [9.17, 15) is 9.59 Å². The van der Waals surface area contributed by atoms with Gasteiger partial charge in [-0.05, 0) is 30.5 Å². The maximum atomic E-state index is 12.5. The SMILES string of the molecule is O=C1NC2(CCCCC2)C(=O)N1/N=C\c1cccc(Br)c1. The smallest absolute Gasteiger partial charge is 0.321 e. The number of nitrogens with one attached hydrogen (secondary N) is 1. The first-order chi connectivity index (χ1) is 10.1. The van der Waals surface area contributed by atoms with Crippen LogP contribution in [0.2, 0.25) is 0 Å². The van der Waals surface area contributed by atoms with Crippen molar-refractivity contribution in [3.8, 4) is 0 Å². The minimum Gasteiger partial charge on any atom is -0.321 e. The third-order valence-electron chi connectivity index (χ3n) is 4.02. The van der Waals surface area contributed by atoms with Crippen LogP contribution in [-0.2, 0) is 4.79 Å². The molecular weight excluding hydrogens is 334 g/mol. The molecule has 1 aliphatic carbocycles. The highest BCUT2D eigenvalue weighted by Gasteiger charge is 2.51. The molecule has 1 saturated heterocycles. The molecule has 0 radical (unpaired) electrons. The molecule has 2 aliphatic rings. The van der Waals surface area contributed by atoms with Crippen LogP contribution in [0.25, 0.3) is 0 Å². The zero-order valence-electron chi connectivity index (χ0n) is 11.5. The molecular formula is C15H16BrN3O2. The largest absolute Gasteiger partial charge is 0.346 e. The highest BCUT2D eigenvalue weighted by Crippen LogP contribution is 2.33. The molecule has 0 atom stereocenters. The first kappa shape index (κ1) is 14.3. The van der Waals surface area contributed by atoms with Gasteiger partial charge >= 0.3 is 6.03 Å². The van der Waals surface area contributed by atoms with Gasteiger partial charge in [0.2, 0.25) is 0 Å². The summed E-state index contributed by atoms with van der Waals surface area (Å²) in [5.74, 6) is -0.224. The number of hydrogen-bond donors (Lipinski definition) is 1. The third kappa shape index (κ3) is 2.72. The molecule has 3 amide bonds. The normalized spacial score (nSPS) is 21.3. The Labute approximate surface area is 131 Å². The van der Waals surface area contributed by atoms with Gasteiger partial charge in [-0.15, -0.1) is 5.01 Å². The van der Waals surface area contributed by atoms with Crippen LogP contribution in [0, 0.1) is 0 Å². The molecule has 1 aliphatic heterocycles. The minimum absolute atomic E-state index is 0.224. The van der Waals surface area contributed by atoms with Crippen molar-refractivity contribution in [2.75, 3.05) is 0 Å². The second-order valence-electron chi connectivity index (χ2n) is 5.49. The monoisotopic (exact) mass is 349 g/mol. The number of imide groups is 1. The average molecular weight is 350 g/mol. The topological polar surface area (TPSA) is 61.8 Å². The van der Waals surface area contributed by atoms with Gasteiger partial charge in [0.25, 0.3) is 5.91 Å². The van der Waals surface area contributed by atoms with Crippen LogP contribution in [0.3, 0.4) is 0 Å². The summed E-state index contributed by atoms with van der Waals surface area (Å²) >= 11 is 3.38. The number of hydrogen-bond acceptors (Lipinski definition) is 3. The molecule has 6 heteroatoms. The van der Waals surface area contributed by atoms with E-state index in [2.05, 4.69) is 26.3 Å². The summed E-state index contributed by atoms with van der Waals surface area (Å²) in [7, 11) is 0. The van der Waals surface area contributed by atoms with Crippen molar-refractivity contribution in [2.45, 2.75) is 37.6 Å². The summed E-state index contributed by atoms with van der Waals surface area (Å²) < 4.78 is 0.924. The van der Waals surface area contributed by atoms with E-state index in [0.29, 0.717) is 12.8 Å². The number of rotatable bonds is 2. The van der Waals surface area contributed by atoms with Crippen molar-refractivity contribution in [1.29, 1.82) is 0 Å². The predicted octanol–water partition coefficient (Wildman–Crippen LogP) is 3.04. The summed E-state index contributed by atoms with van der Waals surface area (Å²) in [5.41, 5.74) is 0.110. The van der Waals surface area contributed by atoms with Crippen molar-refractivity contribution < 1.29 is 9.59 Å². The van der Waals surface area contributed by atoms with E-state index >= 15 is 0 Å². The van der Waals surface area contributed by atoms with Crippen LogP contribution in [0.5, 0.6) is 0 Å². The molecule has 1 aromatic rings. The van der Waals surface area contributed by atoms with Crippen LogP contribution in [0.1, 0.15) is 37.7 Å². The maximum Gasteiger partial charge on any atom is 0.346 e. The molecule has 1 N–H and O–H groups in total. The van der Waals surface area contributed by atoms with E-state index in [4.69, 9.17) is 0 Å². The Morgan fingerprint density at radius 3 is 2.71 bits per heavy atom. The lowest BCUT2D eigenvalue weighted by Gasteiger charge is -2.29. The maximum absolute atomic E-state index is 12.5. The van der Waals surface area contributed by atoms with Gasteiger partial charge in [-0.2, -0.15) is 5.10 Å². The molecule has 1 aromatic carbocycles. The van der Waals surface area contributed by atoms with E-state index < -0.39 is 11.6 Å². The fraction of sp³-hybridized carbons (Fsp3) is 0.400. The number of carbonyl (C=O) groups excluding carboxylic acids is 2. The molecule has 0 aromatic heterocycles. The van der Waals surface area contributed by atoms with Crippen molar-refractivity contribution in [2.24, 2.45) is 5.10 Å². The quantitative estimate of drug-likeness (QED) is 0.658. The lowest BCUT2D eigenvalue weighted by Crippen LogP contribution is -2.48. The number of halogens is 1. The highest BCUT2D eigenvalue weighted by atomic mass is 79.9. The van der Waals surface area contributed by atoms with Crippen molar-refractivity contribution >= 4 is 34.1 Å². The van der Waals surface area contributed by atoms with Gasteiger partial charge < -0.3 is 5.32 Å². The lowest BCUT2D eigenvalue weighted by atomic mass is 9.82. The Morgan fingerprint density at radius 1 is 1.24 bits per heavy atom. The fourth-order valence-corrected chi connectivity index (χ4v) is 3.33. The standard InChI is InChI=1S/C15H16BrN3O2/c16-12-6-4-5-11(9-12)10-17-19-13(20)15(18-14(19)21)7-2-1-3-8-15/h4-6,9-10H,1-3,7-8H2,(H,18,21)/b17-10-.